The number of H-pyrrole nitrogens is 1. The molecule has 1 fully saturated rings. The molecule has 2 heterocycles. The summed E-state index contributed by atoms with van der Waals surface area (Å²) in [6, 6.07) is 0. The van der Waals surface area contributed by atoms with Gasteiger partial charge in [-0.15, -0.1) is 0 Å². The molecule has 2 rings (SSSR count). The Kier molecular flexibility index (Phi) is 4.33. The SMILES string of the molecule is COCC[C@@H]1CN(C(=O)c2ncc(C)[nH]2)CCO1. The molecule has 6 nitrogen and oxygen atoms in total. The summed E-state index contributed by atoms with van der Waals surface area (Å²) in [6.45, 7) is 4.31. The molecule has 100 valence electrons. The normalized spacial score (nSPS) is 20.1. The largest absolute Gasteiger partial charge is 0.385 e. The Balaban J connectivity index is 1.94. The lowest BCUT2D eigenvalue weighted by Gasteiger charge is -2.32. The van der Waals surface area contributed by atoms with Crippen LogP contribution in [0, 0.1) is 6.92 Å². The van der Waals surface area contributed by atoms with E-state index in [1.165, 1.54) is 0 Å². The zero-order valence-electron chi connectivity index (χ0n) is 10.8. The highest BCUT2D eigenvalue weighted by Gasteiger charge is 2.26. The van der Waals surface area contributed by atoms with E-state index in [2.05, 4.69) is 9.97 Å². The molecule has 1 N–H and O–H groups in total. The number of aromatic amines is 1. The number of hydrogen-bond acceptors (Lipinski definition) is 4. The maximum absolute atomic E-state index is 12.2. The minimum Gasteiger partial charge on any atom is -0.385 e. The minimum absolute atomic E-state index is 0.0544. The number of ether oxygens (including phenoxy) is 2. The van der Waals surface area contributed by atoms with Crippen molar-refractivity contribution in [2.45, 2.75) is 19.4 Å². The van der Waals surface area contributed by atoms with Crippen LogP contribution < -0.4 is 0 Å². The van der Waals surface area contributed by atoms with Gasteiger partial charge in [-0.3, -0.25) is 4.79 Å². The molecule has 0 aromatic carbocycles. The molecule has 6 heteroatoms. The number of methoxy groups -OCH3 is 1. The van der Waals surface area contributed by atoms with Crippen LogP contribution in [0.5, 0.6) is 0 Å². The standard InChI is InChI=1S/C12H19N3O3/c1-9-7-13-11(14-9)12(16)15-4-6-18-10(8-15)3-5-17-2/h7,10H,3-6,8H2,1-2H3,(H,13,14)/t10-/m1/s1. The Bertz CT molecular complexity index is 405. The summed E-state index contributed by atoms with van der Waals surface area (Å²) in [7, 11) is 1.66. The van der Waals surface area contributed by atoms with Crippen LogP contribution in [0.25, 0.3) is 0 Å². The monoisotopic (exact) mass is 253 g/mol. The van der Waals surface area contributed by atoms with Gasteiger partial charge in [0.2, 0.25) is 0 Å². The zero-order chi connectivity index (χ0) is 13.0. The number of imidazole rings is 1. The first kappa shape index (κ1) is 13.0. The first-order valence-corrected chi connectivity index (χ1v) is 6.12. The molecule has 0 saturated carbocycles. The van der Waals surface area contributed by atoms with Gasteiger partial charge >= 0.3 is 0 Å². The van der Waals surface area contributed by atoms with Crippen LogP contribution >= 0.6 is 0 Å². The first-order chi connectivity index (χ1) is 8.70. The maximum Gasteiger partial charge on any atom is 0.289 e. The average Bonchev–Trinajstić information content (AvgIpc) is 2.82. The molecule has 0 radical (unpaired) electrons. The number of rotatable bonds is 4. The molecule has 0 unspecified atom stereocenters. The fourth-order valence-electron chi connectivity index (χ4n) is 2.00. The Hall–Kier alpha value is -1.40. The van der Waals surface area contributed by atoms with Gasteiger partial charge in [0.15, 0.2) is 5.82 Å². The number of hydrogen-bond donors (Lipinski definition) is 1. The number of aromatic nitrogens is 2. The van der Waals surface area contributed by atoms with E-state index in [-0.39, 0.29) is 12.0 Å². The molecular weight excluding hydrogens is 234 g/mol. The Morgan fingerprint density at radius 2 is 2.56 bits per heavy atom. The first-order valence-electron chi connectivity index (χ1n) is 6.12. The van der Waals surface area contributed by atoms with Crippen LogP contribution in [0.1, 0.15) is 22.7 Å². The van der Waals surface area contributed by atoms with Crippen LogP contribution in [0.2, 0.25) is 0 Å². The third-order valence-electron chi connectivity index (χ3n) is 2.98. The highest BCUT2D eigenvalue weighted by Crippen LogP contribution is 2.11. The summed E-state index contributed by atoms with van der Waals surface area (Å²) in [6.07, 6.45) is 2.52. The van der Waals surface area contributed by atoms with Gasteiger partial charge in [0.1, 0.15) is 0 Å². The number of morpholine rings is 1. The lowest BCUT2D eigenvalue weighted by Crippen LogP contribution is -2.46. The van der Waals surface area contributed by atoms with Crippen molar-refractivity contribution in [1.82, 2.24) is 14.9 Å². The molecule has 1 aliphatic rings. The molecular formula is C12H19N3O3. The maximum atomic E-state index is 12.2. The Morgan fingerprint density at radius 3 is 3.22 bits per heavy atom. The quantitative estimate of drug-likeness (QED) is 0.853. The van der Waals surface area contributed by atoms with Crippen molar-refractivity contribution in [3.63, 3.8) is 0 Å². The zero-order valence-corrected chi connectivity index (χ0v) is 10.8. The van der Waals surface area contributed by atoms with Crippen LogP contribution in [-0.2, 0) is 9.47 Å². The van der Waals surface area contributed by atoms with Crippen molar-refractivity contribution < 1.29 is 14.3 Å². The van der Waals surface area contributed by atoms with Crippen molar-refractivity contribution in [3.8, 4) is 0 Å². The predicted octanol–water partition coefficient (Wildman–Crippen LogP) is 0.596. The van der Waals surface area contributed by atoms with E-state index in [0.29, 0.717) is 32.1 Å². The van der Waals surface area contributed by atoms with Crippen LogP contribution in [-0.4, -0.2) is 60.3 Å². The molecule has 1 aromatic heterocycles. The molecule has 1 amide bonds. The number of aryl methyl sites for hydroxylation is 1. The number of nitrogens with one attached hydrogen (secondary N) is 1. The van der Waals surface area contributed by atoms with Crippen LogP contribution in [0.3, 0.4) is 0 Å². The van der Waals surface area contributed by atoms with Crippen LogP contribution in [0.15, 0.2) is 6.20 Å². The number of nitrogens with zero attached hydrogens (tertiary/aromatic N) is 2. The Morgan fingerprint density at radius 1 is 1.72 bits per heavy atom. The van der Waals surface area contributed by atoms with Gasteiger partial charge in [-0.05, 0) is 13.3 Å². The van der Waals surface area contributed by atoms with E-state index in [1.54, 1.807) is 18.2 Å². The topological polar surface area (TPSA) is 67.5 Å². The van der Waals surface area contributed by atoms with Crippen molar-refractivity contribution in [1.29, 1.82) is 0 Å². The fourth-order valence-corrected chi connectivity index (χ4v) is 2.00. The molecule has 1 aliphatic heterocycles. The van der Waals surface area contributed by atoms with E-state index in [4.69, 9.17) is 9.47 Å². The molecule has 0 aliphatic carbocycles. The van der Waals surface area contributed by atoms with Gasteiger partial charge in [0.05, 0.1) is 12.7 Å². The molecule has 1 atom stereocenters. The van der Waals surface area contributed by atoms with Gasteiger partial charge in [-0.2, -0.15) is 0 Å². The lowest BCUT2D eigenvalue weighted by atomic mass is 10.2. The van der Waals surface area contributed by atoms with E-state index in [9.17, 15) is 4.79 Å². The van der Waals surface area contributed by atoms with E-state index < -0.39 is 0 Å². The van der Waals surface area contributed by atoms with Gasteiger partial charge in [-0.1, -0.05) is 0 Å². The van der Waals surface area contributed by atoms with Gasteiger partial charge < -0.3 is 19.4 Å². The predicted molar refractivity (Wildman–Crippen MR) is 65.5 cm³/mol. The van der Waals surface area contributed by atoms with Crippen molar-refractivity contribution in [3.05, 3.63) is 17.7 Å². The minimum atomic E-state index is -0.0613. The summed E-state index contributed by atoms with van der Waals surface area (Å²) in [5.74, 6) is 0.341. The lowest BCUT2D eigenvalue weighted by molar-refractivity contribution is -0.0335. The Labute approximate surface area is 106 Å². The number of amides is 1. The smallest absolute Gasteiger partial charge is 0.289 e. The second kappa shape index (κ2) is 5.97. The highest BCUT2D eigenvalue weighted by molar-refractivity contribution is 5.90. The van der Waals surface area contributed by atoms with E-state index in [0.717, 1.165) is 12.1 Å². The van der Waals surface area contributed by atoms with Crippen molar-refractivity contribution >= 4 is 5.91 Å². The molecule has 18 heavy (non-hydrogen) atoms. The second-order valence-electron chi connectivity index (χ2n) is 4.44. The second-order valence-corrected chi connectivity index (χ2v) is 4.44. The summed E-state index contributed by atoms with van der Waals surface area (Å²) in [5.41, 5.74) is 0.891. The molecule has 0 bridgehead atoms. The van der Waals surface area contributed by atoms with E-state index >= 15 is 0 Å². The van der Waals surface area contributed by atoms with Crippen molar-refractivity contribution in [2.75, 3.05) is 33.4 Å². The average molecular weight is 253 g/mol. The third kappa shape index (κ3) is 3.08. The van der Waals surface area contributed by atoms with Crippen molar-refractivity contribution in [2.24, 2.45) is 0 Å². The van der Waals surface area contributed by atoms with Gasteiger partial charge in [0.25, 0.3) is 5.91 Å². The van der Waals surface area contributed by atoms with Gasteiger partial charge in [0, 0.05) is 38.7 Å². The molecule has 1 saturated heterocycles. The van der Waals surface area contributed by atoms with Crippen LogP contribution in [0.4, 0.5) is 0 Å². The summed E-state index contributed by atoms with van der Waals surface area (Å²) in [5, 5.41) is 0. The third-order valence-corrected chi connectivity index (χ3v) is 2.98. The summed E-state index contributed by atoms with van der Waals surface area (Å²) >= 11 is 0. The van der Waals surface area contributed by atoms with E-state index in [1.807, 2.05) is 6.92 Å². The number of carbonyl (C=O) groups excluding carboxylic acids is 1. The molecule has 1 aromatic rings. The fraction of sp³-hybridized carbons (Fsp3) is 0.667. The number of carbonyl (C=O) groups is 1. The molecule has 0 spiro atoms. The van der Waals surface area contributed by atoms with Gasteiger partial charge in [-0.25, -0.2) is 4.98 Å². The summed E-state index contributed by atoms with van der Waals surface area (Å²) < 4.78 is 10.6. The summed E-state index contributed by atoms with van der Waals surface area (Å²) in [4.78, 5) is 21.0. The highest BCUT2D eigenvalue weighted by atomic mass is 16.5.